The largest absolute Gasteiger partial charge is 0.271 e. The molecule has 0 aliphatic carbocycles. The van der Waals surface area contributed by atoms with Gasteiger partial charge < -0.3 is 0 Å². The van der Waals surface area contributed by atoms with E-state index in [9.17, 15) is 8.42 Å². The molecule has 1 aromatic rings. The maximum atomic E-state index is 11.1. The van der Waals surface area contributed by atoms with E-state index >= 15 is 0 Å². The number of nitrogens with two attached hydrogens (primary N) is 1. The van der Waals surface area contributed by atoms with Gasteiger partial charge in [-0.3, -0.25) is 11.3 Å². The Morgan fingerprint density at radius 2 is 1.67 bits per heavy atom. The Kier molecular flexibility index (Phi) is 8.00. The van der Waals surface area contributed by atoms with Gasteiger partial charge in [-0.15, -0.1) is 24.8 Å². The minimum absolute atomic E-state index is 0. The third kappa shape index (κ3) is 5.34. The highest BCUT2D eigenvalue weighted by molar-refractivity contribution is 7.90. The summed E-state index contributed by atoms with van der Waals surface area (Å²) in [7, 11) is -3.09. The lowest BCUT2D eigenvalue weighted by atomic mass is 10.2. The molecule has 0 bridgehead atoms. The Morgan fingerprint density at radius 1 is 1.20 bits per heavy atom. The van der Waals surface area contributed by atoms with E-state index in [1.807, 2.05) is 0 Å². The van der Waals surface area contributed by atoms with Crippen LogP contribution in [0.15, 0.2) is 29.2 Å². The van der Waals surface area contributed by atoms with Crippen LogP contribution in [0.4, 0.5) is 0 Å². The zero-order valence-electron chi connectivity index (χ0n) is 8.14. The molecule has 0 saturated carbocycles. The topological polar surface area (TPSA) is 72.2 Å². The molecule has 0 heterocycles. The van der Waals surface area contributed by atoms with E-state index in [2.05, 4.69) is 5.43 Å². The first-order valence-electron chi connectivity index (χ1n) is 3.76. The highest BCUT2D eigenvalue weighted by atomic mass is 35.5. The predicted molar refractivity (Wildman–Crippen MR) is 65.1 cm³/mol. The highest BCUT2D eigenvalue weighted by Gasteiger charge is 2.05. The molecule has 1 rings (SSSR count). The van der Waals surface area contributed by atoms with Gasteiger partial charge in [0.1, 0.15) is 0 Å². The quantitative estimate of drug-likeness (QED) is 0.634. The summed E-state index contributed by atoms with van der Waals surface area (Å²) < 4.78 is 22.1. The Morgan fingerprint density at radius 3 is 2.00 bits per heavy atom. The van der Waals surface area contributed by atoms with Crippen LogP contribution in [0, 0.1) is 0 Å². The second-order valence-corrected chi connectivity index (χ2v) is 4.81. The van der Waals surface area contributed by atoms with Crippen molar-refractivity contribution in [2.45, 2.75) is 11.4 Å². The lowest BCUT2D eigenvalue weighted by Gasteiger charge is -2.01. The molecule has 1 aromatic carbocycles. The Labute approximate surface area is 102 Å². The number of hydrogen-bond acceptors (Lipinski definition) is 4. The van der Waals surface area contributed by atoms with Crippen molar-refractivity contribution in [3.05, 3.63) is 29.8 Å². The molecule has 0 spiro atoms. The lowest BCUT2D eigenvalue weighted by Crippen LogP contribution is -2.20. The van der Waals surface area contributed by atoms with Crippen LogP contribution in [-0.4, -0.2) is 14.7 Å². The summed E-state index contributed by atoms with van der Waals surface area (Å²) in [5.41, 5.74) is 3.45. The van der Waals surface area contributed by atoms with Crippen molar-refractivity contribution in [2.24, 2.45) is 5.84 Å². The van der Waals surface area contributed by atoms with Gasteiger partial charge in [-0.25, -0.2) is 8.42 Å². The molecule has 0 saturated heterocycles. The highest BCUT2D eigenvalue weighted by Crippen LogP contribution is 2.09. The summed E-state index contributed by atoms with van der Waals surface area (Å²) in [5, 5.41) is 0. The number of sulfone groups is 1. The van der Waals surface area contributed by atoms with Gasteiger partial charge >= 0.3 is 0 Å². The lowest BCUT2D eigenvalue weighted by molar-refractivity contribution is 0.602. The standard InChI is InChI=1S/C8H12N2O2S.2ClH/c1-13(11,12)8-4-2-7(3-5-8)6-10-9;;/h2-5,10H,6,9H2,1H3;2*1H. The number of nitrogens with one attached hydrogen (secondary N) is 1. The molecule has 15 heavy (non-hydrogen) atoms. The molecule has 0 aliphatic rings. The molecule has 0 unspecified atom stereocenters. The van der Waals surface area contributed by atoms with Gasteiger partial charge in [-0.05, 0) is 17.7 Å². The Balaban J connectivity index is 0. The Bertz CT molecular complexity index is 378. The van der Waals surface area contributed by atoms with Gasteiger partial charge in [-0.2, -0.15) is 0 Å². The monoisotopic (exact) mass is 272 g/mol. The van der Waals surface area contributed by atoms with Crippen molar-refractivity contribution < 1.29 is 8.42 Å². The van der Waals surface area contributed by atoms with Crippen LogP contribution in [0.1, 0.15) is 5.56 Å². The first-order chi connectivity index (χ1) is 6.04. The summed E-state index contributed by atoms with van der Waals surface area (Å²) in [6.07, 6.45) is 1.18. The van der Waals surface area contributed by atoms with Crippen molar-refractivity contribution in [1.82, 2.24) is 5.43 Å². The molecule has 0 aliphatic heterocycles. The van der Waals surface area contributed by atoms with Gasteiger partial charge in [0.2, 0.25) is 0 Å². The molecule has 4 nitrogen and oxygen atoms in total. The van der Waals surface area contributed by atoms with Crippen molar-refractivity contribution in [2.75, 3.05) is 6.26 Å². The van der Waals surface area contributed by atoms with Gasteiger partial charge in [0.15, 0.2) is 9.84 Å². The van der Waals surface area contributed by atoms with Crippen molar-refractivity contribution >= 4 is 34.7 Å². The summed E-state index contributed by atoms with van der Waals surface area (Å²) in [5.74, 6) is 5.12. The first kappa shape index (κ1) is 17.1. The molecule has 7 heteroatoms. The van der Waals surface area contributed by atoms with Crippen LogP contribution < -0.4 is 11.3 Å². The number of hydrazine groups is 1. The third-order valence-corrected chi connectivity index (χ3v) is 2.79. The molecule has 0 fully saturated rings. The number of hydrogen-bond donors (Lipinski definition) is 2. The summed E-state index contributed by atoms with van der Waals surface area (Å²) in [4.78, 5) is 0.327. The molecule has 3 N–H and O–H groups in total. The zero-order chi connectivity index (χ0) is 9.90. The van der Waals surface area contributed by atoms with Crippen molar-refractivity contribution in [3.63, 3.8) is 0 Å². The van der Waals surface area contributed by atoms with E-state index in [1.54, 1.807) is 24.3 Å². The maximum absolute atomic E-state index is 11.1. The fourth-order valence-electron chi connectivity index (χ4n) is 0.972. The van der Waals surface area contributed by atoms with Gasteiger partial charge in [0.25, 0.3) is 0 Å². The predicted octanol–water partition coefficient (Wildman–Crippen LogP) is 0.897. The van der Waals surface area contributed by atoms with Crippen LogP contribution in [-0.2, 0) is 16.4 Å². The van der Waals surface area contributed by atoms with Crippen molar-refractivity contribution in [3.8, 4) is 0 Å². The molecule has 0 amide bonds. The van der Waals surface area contributed by atoms with E-state index in [4.69, 9.17) is 5.84 Å². The van der Waals surface area contributed by atoms with Crippen LogP contribution in [0.3, 0.4) is 0 Å². The maximum Gasteiger partial charge on any atom is 0.175 e. The zero-order valence-corrected chi connectivity index (χ0v) is 10.6. The van der Waals surface area contributed by atoms with E-state index in [0.29, 0.717) is 11.4 Å². The van der Waals surface area contributed by atoms with Crippen molar-refractivity contribution in [1.29, 1.82) is 0 Å². The summed E-state index contributed by atoms with van der Waals surface area (Å²) >= 11 is 0. The van der Waals surface area contributed by atoms with E-state index in [-0.39, 0.29) is 24.8 Å². The average Bonchev–Trinajstić information content (AvgIpc) is 2.04. The minimum Gasteiger partial charge on any atom is -0.271 e. The average molecular weight is 273 g/mol. The molecule has 88 valence electrons. The summed E-state index contributed by atoms with van der Waals surface area (Å²) in [6, 6.07) is 6.61. The fraction of sp³-hybridized carbons (Fsp3) is 0.250. The molecular weight excluding hydrogens is 259 g/mol. The SMILES string of the molecule is CS(=O)(=O)c1ccc(CNN)cc1.Cl.Cl. The molecule has 0 radical (unpaired) electrons. The van der Waals surface area contributed by atoms with Gasteiger partial charge in [-0.1, -0.05) is 12.1 Å². The molecular formula is C8H14Cl2N2O2S. The van der Waals surface area contributed by atoms with E-state index in [1.165, 1.54) is 6.26 Å². The van der Waals surface area contributed by atoms with Crippen LogP contribution in [0.25, 0.3) is 0 Å². The number of rotatable bonds is 3. The third-order valence-electron chi connectivity index (χ3n) is 1.66. The van der Waals surface area contributed by atoms with Gasteiger partial charge in [0.05, 0.1) is 4.90 Å². The number of halogens is 2. The van der Waals surface area contributed by atoms with Crippen LogP contribution >= 0.6 is 24.8 Å². The fourth-order valence-corrected chi connectivity index (χ4v) is 1.60. The second kappa shape index (κ2) is 7.03. The number of benzene rings is 1. The molecule has 0 aromatic heterocycles. The normalized spacial score (nSPS) is 10.0. The van der Waals surface area contributed by atoms with Crippen LogP contribution in [0.2, 0.25) is 0 Å². The van der Waals surface area contributed by atoms with Crippen LogP contribution in [0.5, 0.6) is 0 Å². The van der Waals surface area contributed by atoms with E-state index in [0.717, 1.165) is 5.56 Å². The van der Waals surface area contributed by atoms with E-state index < -0.39 is 9.84 Å². The summed E-state index contributed by atoms with van der Waals surface area (Å²) in [6.45, 7) is 0.532. The first-order valence-corrected chi connectivity index (χ1v) is 5.65. The second-order valence-electron chi connectivity index (χ2n) is 2.80. The van der Waals surface area contributed by atoms with Gasteiger partial charge in [0, 0.05) is 12.8 Å². The molecule has 0 atom stereocenters. The smallest absolute Gasteiger partial charge is 0.175 e. The minimum atomic E-state index is -3.09. The Hall–Kier alpha value is -0.330.